The average molecular weight is 577 g/mol. The number of ketones is 1. The summed E-state index contributed by atoms with van der Waals surface area (Å²) in [5.41, 5.74) is 9.60. The summed E-state index contributed by atoms with van der Waals surface area (Å²) in [5, 5.41) is 19.5. The van der Waals surface area contributed by atoms with Crippen LogP contribution in [0.5, 0.6) is 5.75 Å². The molecule has 0 saturated carbocycles. The van der Waals surface area contributed by atoms with Gasteiger partial charge in [-0.3, -0.25) is 4.79 Å². The SMILES string of the molecule is CCCCCCOc1ccc(-c2ccc3c(c2)C(=O)c2cc(C(=O)O)c(C(=O)O)cc2C3=Nc2ccc(CN)cc2)cc1. The number of ether oxygens (including phenoxy) is 1. The molecule has 0 atom stereocenters. The van der Waals surface area contributed by atoms with Gasteiger partial charge < -0.3 is 20.7 Å². The fourth-order valence-corrected chi connectivity index (χ4v) is 5.16. The molecular weight excluding hydrogens is 544 g/mol. The van der Waals surface area contributed by atoms with Crippen molar-refractivity contribution in [1.82, 2.24) is 0 Å². The molecule has 4 aromatic rings. The molecule has 0 unspecified atom stereocenters. The first kappa shape index (κ1) is 29.4. The van der Waals surface area contributed by atoms with Gasteiger partial charge in [0, 0.05) is 28.8 Å². The Morgan fingerprint density at radius 3 is 2.00 bits per heavy atom. The van der Waals surface area contributed by atoms with Gasteiger partial charge in [-0.25, -0.2) is 14.6 Å². The zero-order valence-electron chi connectivity index (χ0n) is 23.8. The van der Waals surface area contributed by atoms with Gasteiger partial charge >= 0.3 is 11.9 Å². The Kier molecular flexibility index (Phi) is 8.78. The monoisotopic (exact) mass is 576 g/mol. The molecule has 5 rings (SSSR count). The van der Waals surface area contributed by atoms with E-state index in [1.54, 1.807) is 24.3 Å². The number of hydrogen-bond donors (Lipinski definition) is 3. The number of aliphatic imine (C=N–C) groups is 1. The Morgan fingerprint density at radius 1 is 0.744 bits per heavy atom. The van der Waals surface area contributed by atoms with E-state index in [1.165, 1.54) is 18.9 Å². The Hall–Kier alpha value is -5.08. The lowest BCUT2D eigenvalue weighted by Gasteiger charge is -2.23. The number of hydrogen-bond acceptors (Lipinski definition) is 6. The first-order valence-corrected chi connectivity index (χ1v) is 14.3. The second-order valence-corrected chi connectivity index (χ2v) is 10.4. The van der Waals surface area contributed by atoms with Gasteiger partial charge in [-0.1, -0.05) is 62.6 Å². The molecule has 0 bridgehead atoms. The van der Waals surface area contributed by atoms with Crippen molar-refractivity contribution < 1.29 is 29.3 Å². The highest BCUT2D eigenvalue weighted by Crippen LogP contribution is 2.35. The summed E-state index contributed by atoms with van der Waals surface area (Å²) < 4.78 is 5.87. The van der Waals surface area contributed by atoms with Crippen molar-refractivity contribution in [2.75, 3.05) is 6.61 Å². The van der Waals surface area contributed by atoms with Gasteiger partial charge in [0.25, 0.3) is 0 Å². The van der Waals surface area contributed by atoms with E-state index < -0.39 is 28.8 Å². The molecule has 1 aliphatic carbocycles. The van der Waals surface area contributed by atoms with Crippen molar-refractivity contribution in [3.63, 3.8) is 0 Å². The first-order chi connectivity index (χ1) is 20.8. The summed E-state index contributed by atoms with van der Waals surface area (Å²) in [6.07, 6.45) is 4.50. The lowest BCUT2D eigenvalue weighted by molar-refractivity contribution is 0.0651. The van der Waals surface area contributed by atoms with Crippen LogP contribution in [-0.4, -0.2) is 40.3 Å². The molecule has 0 fully saturated rings. The van der Waals surface area contributed by atoms with E-state index in [4.69, 9.17) is 15.5 Å². The van der Waals surface area contributed by atoms with E-state index in [-0.39, 0.29) is 11.1 Å². The summed E-state index contributed by atoms with van der Waals surface area (Å²) in [7, 11) is 0. The standard InChI is InChI=1S/C35H32N2O6/c1-2-3-4-5-16-43-25-13-8-22(9-14-25)23-10-15-26-28(17-23)33(38)29-19-31(35(41)42)30(34(39)40)18-27(29)32(26)37-24-11-6-21(20-36)7-12-24/h6-15,17-19H,2-5,16,20,36H2,1H3,(H,39,40)(H,41,42). The summed E-state index contributed by atoms with van der Waals surface area (Å²) in [4.78, 5) is 42.6. The number of carbonyl (C=O) groups excluding carboxylic acids is 1. The van der Waals surface area contributed by atoms with E-state index in [1.807, 2.05) is 42.5 Å². The topological polar surface area (TPSA) is 139 Å². The van der Waals surface area contributed by atoms with Gasteiger partial charge in [0.2, 0.25) is 0 Å². The molecular formula is C35H32N2O6. The van der Waals surface area contributed by atoms with Crippen LogP contribution < -0.4 is 10.5 Å². The van der Waals surface area contributed by atoms with Gasteiger partial charge in [-0.05, 0) is 65.6 Å². The van der Waals surface area contributed by atoms with Gasteiger partial charge in [0.15, 0.2) is 5.78 Å². The minimum atomic E-state index is -1.43. The van der Waals surface area contributed by atoms with Crippen molar-refractivity contribution in [2.45, 2.75) is 39.2 Å². The summed E-state index contributed by atoms with van der Waals surface area (Å²) >= 11 is 0. The number of unbranched alkanes of at least 4 members (excludes halogenated alkanes) is 3. The molecule has 4 N–H and O–H groups in total. The highest BCUT2D eigenvalue weighted by atomic mass is 16.5. The number of nitrogens with two attached hydrogens (primary N) is 1. The molecule has 0 spiro atoms. The number of fused-ring (bicyclic) bond motifs is 2. The maximum Gasteiger partial charge on any atom is 0.336 e. The maximum atomic E-state index is 13.8. The van der Waals surface area contributed by atoms with Crippen LogP contribution in [0.15, 0.2) is 83.9 Å². The van der Waals surface area contributed by atoms with E-state index >= 15 is 0 Å². The molecule has 4 aromatic carbocycles. The van der Waals surface area contributed by atoms with Crippen LogP contribution in [-0.2, 0) is 6.54 Å². The Labute approximate surface area is 249 Å². The first-order valence-electron chi connectivity index (χ1n) is 14.3. The number of carboxylic acid groups (broad SMARTS) is 2. The molecule has 8 nitrogen and oxygen atoms in total. The number of benzene rings is 4. The van der Waals surface area contributed by atoms with Gasteiger partial charge in [0.1, 0.15) is 5.75 Å². The van der Waals surface area contributed by atoms with Crippen LogP contribution in [0.1, 0.15) is 85.9 Å². The predicted octanol–water partition coefficient (Wildman–Crippen LogP) is 6.88. The number of aromatic carboxylic acids is 2. The van der Waals surface area contributed by atoms with Crippen molar-refractivity contribution in [3.05, 3.63) is 118 Å². The second kappa shape index (κ2) is 12.8. The summed E-state index contributed by atoms with van der Waals surface area (Å²) in [6, 6.07) is 22.7. The van der Waals surface area contributed by atoms with E-state index in [9.17, 15) is 24.6 Å². The van der Waals surface area contributed by atoms with Crippen LogP contribution >= 0.6 is 0 Å². The zero-order chi connectivity index (χ0) is 30.5. The number of carbonyl (C=O) groups is 3. The van der Waals surface area contributed by atoms with E-state index in [0.29, 0.717) is 35.7 Å². The highest BCUT2D eigenvalue weighted by molar-refractivity contribution is 6.31. The van der Waals surface area contributed by atoms with Crippen LogP contribution in [0.4, 0.5) is 5.69 Å². The van der Waals surface area contributed by atoms with Gasteiger partial charge in [-0.2, -0.15) is 0 Å². The molecule has 43 heavy (non-hydrogen) atoms. The number of rotatable bonds is 11. The Bertz CT molecular complexity index is 1720. The molecule has 8 heteroatoms. The third kappa shape index (κ3) is 6.24. The Balaban J connectivity index is 1.57. The molecule has 1 aliphatic rings. The van der Waals surface area contributed by atoms with Crippen LogP contribution in [0, 0.1) is 0 Å². The molecule has 0 aliphatic heterocycles. The smallest absolute Gasteiger partial charge is 0.336 e. The molecule has 0 radical (unpaired) electrons. The van der Waals surface area contributed by atoms with E-state index in [0.717, 1.165) is 41.3 Å². The van der Waals surface area contributed by atoms with Crippen LogP contribution in [0.2, 0.25) is 0 Å². The number of carboxylic acids is 2. The van der Waals surface area contributed by atoms with Crippen molar-refractivity contribution in [2.24, 2.45) is 10.7 Å². The largest absolute Gasteiger partial charge is 0.494 e. The third-order valence-corrected chi connectivity index (χ3v) is 7.50. The molecule has 218 valence electrons. The fraction of sp³-hybridized carbons (Fsp3) is 0.200. The second-order valence-electron chi connectivity index (χ2n) is 10.4. The van der Waals surface area contributed by atoms with Crippen LogP contribution in [0.25, 0.3) is 11.1 Å². The maximum absolute atomic E-state index is 13.8. The fourth-order valence-electron chi connectivity index (χ4n) is 5.16. The molecule has 0 heterocycles. The van der Waals surface area contributed by atoms with Crippen molar-refractivity contribution >= 4 is 29.1 Å². The summed E-state index contributed by atoms with van der Waals surface area (Å²) in [6.45, 7) is 3.20. The Morgan fingerprint density at radius 2 is 1.37 bits per heavy atom. The van der Waals surface area contributed by atoms with Crippen molar-refractivity contribution in [3.8, 4) is 16.9 Å². The minimum absolute atomic E-state index is 0.0798. The quantitative estimate of drug-likeness (QED) is 0.146. The van der Waals surface area contributed by atoms with Crippen molar-refractivity contribution in [1.29, 1.82) is 0 Å². The molecule has 0 saturated heterocycles. The average Bonchev–Trinajstić information content (AvgIpc) is 3.02. The van der Waals surface area contributed by atoms with E-state index in [2.05, 4.69) is 6.92 Å². The lowest BCUT2D eigenvalue weighted by atomic mass is 9.80. The highest BCUT2D eigenvalue weighted by Gasteiger charge is 2.32. The van der Waals surface area contributed by atoms with Crippen LogP contribution in [0.3, 0.4) is 0 Å². The summed E-state index contributed by atoms with van der Waals surface area (Å²) in [5.74, 6) is -2.48. The van der Waals surface area contributed by atoms with Gasteiger partial charge in [-0.15, -0.1) is 0 Å². The molecule has 0 aromatic heterocycles. The lowest BCUT2D eigenvalue weighted by Crippen LogP contribution is -2.24. The zero-order valence-corrected chi connectivity index (χ0v) is 23.8. The predicted molar refractivity (Wildman–Crippen MR) is 165 cm³/mol. The number of nitrogens with zero attached hydrogens (tertiary/aromatic N) is 1. The third-order valence-electron chi connectivity index (χ3n) is 7.50. The molecule has 0 amide bonds. The van der Waals surface area contributed by atoms with Gasteiger partial charge in [0.05, 0.1) is 29.1 Å². The minimum Gasteiger partial charge on any atom is -0.494 e. The normalized spacial score (nSPS) is 13.0.